The van der Waals surface area contributed by atoms with Crippen molar-refractivity contribution >= 4 is 6.47 Å². The summed E-state index contributed by atoms with van der Waals surface area (Å²) in [5, 5.41) is 0. The van der Waals surface area contributed by atoms with Gasteiger partial charge in [-0.25, -0.2) is 4.79 Å². The van der Waals surface area contributed by atoms with Crippen molar-refractivity contribution in [1.82, 2.24) is 0 Å². The van der Waals surface area contributed by atoms with Crippen LogP contribution in [0.4, 0.5) is 0 Å². The second-order valence-corrected chi connectivity index (χ2v) is 0.932. The minimum Gasteiger partial charge on any atom is -0.457 e. The van der Waals surface area contributed by atoms with Crippen molar-refractivity contribution in [3.8, 4) is 0 Å². The topological polar surface area (TPSA) is 26.3 Å². The Labute approximate surface area is 37.1 Å². The van der Waals surface area contributed by atoms with E-state index in [0.717, 1.165) is 6.42 Å². The van der Waals surface area contributed by atoms with E-state index in [1.54, 1.807) is 0 Å². The van der Waals surface area contributed by atoms with E-state index in [9.17, 15) is 4.79 Å². The first-order chi connectivity index (χ1) is 2.91. The van der Waals surface area contributed by atoms with Gasteiger partial charge in [-0.3, -0.25) is 0 Å². The molecule has 0 saturated heterocycles. The van der Waals surface area contributed by atoms with Crippen LogP contribution in [0.15, 0.2) is 0 Å². The molecule has 0 spiro atoms. The third-order valence-corrected chi connectivity index (χ3v) is 0.365. The molecule has 0 aliphatic carbocycles. The molecule has 0 aromatic rings. The van der Waals surface area contributed by atoms with Crippen molar-refractivity contribution in [1.29, 1.82) is 0 Å². The van der Waals surface area contributed by atoms with E-state index in [2.05, 4.69) is 4.74 Å². The van der Waals surface area contributed by atoms with Gasteiger partial charge in [-0.05, 0) is 6.42 Å². The molecule has 0 aliphatic heterocycles. The smallest absolute Gasteiger partial charge is 0.417 e. The summed E-state index contributed by atoms with van der Waals surface area (Å²) in [4.78, 5) is 9.22. The second kappa shape index (κ2) is 4.47. The van der Waals surface area contributed by atoms with Gasteiger partial charge in [0.05, 0.1) is 6.61 Å². The SMILES string of the molecule is CCCO[C]=O. The third kappa shape index (κ3) is 3.47. The van der Waals surface area contributed by atoms with Gasteiger partial charge >= 0.3 is 6.47 Å². The van der Waals surface area contributed by atoms with Gasteiger partial charge in [-0.1, -0.05) is 6.92 Å². The summed E-state index contributed by atoms with van der Waals surface area (Å²) in [7, 11) is 0. The number of hydrogen-bond donors (Lipinski definition) is 0. The van der Waals surface area contributed by atoms with Crippen molar-refractivity contribution in [2.45, 2.75) is 13.3 Å². The Morgan fingerprint density at radius 3 is 2.67 bits per heavy atom. The summed E-state index contributed by atoms with van der Waals surface area (Å²) in [6, 6.07) is 0. The minimum absolute atomic E-state index is 0.490. The lowest BCUT2D eigenvalue weighted by molar-refractivity contribution is 0.278. The van der Waals surface area contributed by atoms with E-state index in [0.29, 0.717) is 6.61 Å². The molecule has 0 amide bonds. The van der Waals surface area contributed by atoms with Crippen LogP contribution < -0.4 is 0 Å². The lowest BCUT2D eigenvalue weighted by Gasteiger charge is -1.84. The maximum absolute atomic E-state index is 9.22. The van der Waals surface area contributed by atoms with Crippen LogP contribution >= 0.6 is 0 Å². The zero-order chi connectivity index (χ0) is 4.83. The van der Waals surface area contributed by atoms with Crippen LogP contribution in [0.5, 0.6) is 0 Å². The summed E-state index contributed by atoms with van der Waals surface area (Å²) in [5.41, 5.74) is 0. The molecule has 0 heterocycles. The molecular weight excluding hydrogens is 80.0 g/mol. The van der Waals surface area contributed by atoms with Gasteiger partial charge < -0.3 is 4.74 Å². The Hall–Kier alpha value is -0.530. The number of rotatable bonds is 3. The van der Waals surface area contributed by atoms with Gasteiger partial charge in [0.2, 0.25) is 0 Å². The van der Waals surface area contributed by atoms with E-state index in [4.69, 9.17) is 0 Å². The molecular formula is C4H7O2. The van der Waals surface area contributed by atoms with Crippen LogP contribution in [-0.2, 0) is 9.53 Å². The predicted octanol–water partition coefficient (Wildman–Crippen LogP) is 0.480. The lowest BCUT2D eigenvalue weighted by Crippen LogP contribution is -1.86. The van der Waals surface area contributed by atoms with Gasteiger partial charge in [0.15, 0.2) is 0 Å². The summed E-state index contributed by atoms with van der Waals surface area (Å²) in [6.07, 6.45) is 0.870. The minimum atomic E-state index is 0.490. The van der Waals surface area contributed by atoms with E-state index >= 15 is 0 Å². The molecule has 0 rings (SSSR count). The molecule has 0 unspecified atom stereocenters. The fourth-order valence-electron chi connectivity index (χ4n) is 0.144. The highest BCUT2D eigenvalue weighted by atomic mass is 16.5. The number of hydrogen-bond acceptors (Lipinski definition) is 2. The first-order valence-electron chi connectivity index (χ1n) is 1.90. The van der Waals surface area contributed by atoms with Crippen molar-refractivity contribution < 1.29 is 9.53 Å². The zero-order valence-corrected chi connectivity index (χ0v) is 3.73. The maximum Gasteiger partial charge on any atom is 0.417 e. The van der Waals surface area contributed by atoms with Crippen LogP contribution in [0.2, 0.25) is 0 Å². The summed E-state index contributed by atoms with van der Waals surface area (Å²) in [6.45, 7) is 3.74. The number of ether oxygens (including phenoxy) is 1. The van der Waals surface area contributed by atoms with Gasteiger partial charge in [0.25, 0.3) is 0 Å². The fourth-order valence-corrected chi connectivity index (χ4v) is 0.144. The molecule has 0 atom stereocenters. The Balaban J connectivity index is 2.49. The van der Waals surface area contributed by atoms with Gasteiger partial charge in [-0.15, -0.1) is 0 Å². The predicted molar refractivity (Wildman–Crippen MR) is 21.9 cm³/mol. The van der Waals surface area contributed by atoms with Crippen LogP contribution in [0, 0.1) is 0 Å². The number of carbonyl (C=O) groups excluding carboxylic acids is 1. The average Bonchev–Trinajstić information content (AvgIpc) is 1.61. The van der Waals surface area contributed by atoms with E-state index in [-0.39, 0.29) is 0 Å². The molecule has 2 heteroatoms. The average molecular weight is 87.1 g/mol. The van der Waals surface area contributed by atoms with Crippen molar-refractivity contribution in [2.24, 2.45) is 0 Å². The Kier molecular flexibility index (Phi) is 4.08. The molecule has 0 N–H and O–H groups in total. The van der Waals surface area contributed by atoms with Crippen molar-refractivity contribution in [3.05, 3.63) is 0 Å². The largest absolute Gasteiger partial charge is 0.457 e. The van der Waals surface area contributed by atoms with Gasteiger partial charge in [0, 0.05) is 0 Å². The normalized spacial score (nSPS) is 7.50. The quantitative estimate of drug-likeness (QED) is 0.468. The van der Waals surface area contributed by atoms with Crippen LogP contribution in [0.3, 0.4) is 0 Å². The molecule has 6 heavy (non-hydrogen) atoms. The standard InChI is InChI=1S/C4H7O2/c1-2-3-6-4-5/h2-3H2,1H3. The summed E-state index contributed by atoms with van der Waals surface area (Å²) < 4.78 is 4.18. The van der Waals surface area contributed by atoms with Crippen molar-refractivity contribution in [3.63, 3.8) is 0 Å². The highest BCUT2D eigenvalue weighted by Gasteiger charge is 1.73. The molecule has 0 saturated carbocycles. The molecule has 0 aromatic heterocycles. The Bertz CT molecular complexity index is 34.5. The molecule has 1 radical (unpaired) electrons. The van der Waals surface area contributed by atoms with Gasteiger partial charge in [0.1, 0.15) is 0 Å². The lowest BCUT2D eigenvalue weighted by atomic mass is 10.5. The summed E-state index contributed by atoms with van der Waals surface area (Å²) in [5.74, 6) is 0. The second-order valence-electron chi connectivity index (χ2n) is 0.932. The highest BCUT2D eigenvalue weighted by molar-refractivity contribution is 5.37. The molecule has 2 nitrogen and oxygen atoms in total. The molecule has 0 aliphatic rings. The monoisotopic (exact) mass is 87.0 g/mol. The van der Waals surface area contributed by atoms with Gasteiger partial charge in [-0.2, -0.15) is 0 Å². The third-order valence-electron chi connectivity index (χ3n) is 0.365. The Morgan fingerprint density at radius 2 is 2.50 bits per heavy atom. The molecule has 35 valence electrons. The molecule has 0 aromatic carbocycles. The fraction of sp³-hybridized carbons (Fsp3) is 0.750. The van der Waals surface area contributed by atoms with Crippen molar-refractivity contribution in [2.75, 3.05) is 6.61 Å². The van der Waals surface area contributed by atoms with E-state index in [1.807, 2.05) is 6.92 Å². The van der Waals surface area contributed by atoms with E-state index in [1.165, 1.54) is 6.47 Å². The van der Waals surface area contributed by atoms with Crippen LogP contribution in [0.1, 0.15) is 13.3 Å². The van der Waals surface area contributed by atoms with Crippen LogP contribution in [0.25, 0.3) is 0 Å². The maximum atomic E-state index is 9.22. The molecule has 0 fully saturated rings. The first kappa shape index (κ1) is 5.47. The van der Waals surface area contributed by atoms with Crippen LogP contribution in [-0.4, -0.2) is 13.1 Å². The summed E-state index contributed by atoms with van der Waals surface area (Å²) >= 11 is 0. The van der Waals surface area contributed by atoms with E-state index < -0.39 is 0 Å². The Morgan fingerprint density at radius 1 is 1.83 bits per heavy atom. The first-order valence-corrected chi connectivity index (χ1v) is 1.90. The highest BCUT2D eigenvalue weighted by Crippen LogP contribution is 1.71. The zero-order valence-electron chi connectivity index (χ0n) is 3.73. The molecule has 0 bridgehead atoms.